The zero-order valence-electron chi connectivity index (χ0n) is 27.1. The van der Waals surface area contributed by atoms with E-state index in [-0.39, 0.29) is 17.9 Å². The number of hydrogen-bond acceptors (Lipinski definition) is 11. The highest BCUT2D eigenvalue weighted by Crippen LogP contribution is 2.47. The van der Waals surface area contributed by atoms with Crippen molar-refractivity contribution >= 4 is 22.1 Å². The molecule has 0 spiro atoms. The Hall–Kier alpha value is -2.29. The molecule has 0 saturated carbocycles. The number of ether oxygens (including phenoxy) is 6. The number of likely N-dealkylation sites (tertiary alicyclic amines) is 1. The topological polar surface area (TPSA) is 139 Å². The van der Waals surface area contributed by atoms with E-state index >= 15 is 0 Å². The fourth-order valence-electron chi connectivity index (χ4n) is 6.18. The SMILES string of the molecule is CCCCCCCOC[C@@]12O[C@@H](CN3CCCCCC3)[C@@H](OC(=O)NS(=O)(=O)c3ccc(CC(=O)OC)cc3)[C@@H]1OC(C)(C)O2. The summed E-state index contributed by atoms with van der Waals surface area (Å²) in [6.45, 7) is 8.56. The van der Waals surface area contributed by atoms with Gasteiger partial charge in [-0.15, -0.1) is 0 Å². The number of rotatable bonds is 15. The van der Waals surface area contributed by atoms with Gasteiger partial charge in [-0.1, -0.05) is 57.6 Å². The van der Waals surface area contributed by atoms with E-state index in [1.165, 1.54) is 37.8 Å². The number of methoxy groups -OCH3 is 1. The summed E-state index contributed by atoms with van der Waals surface area (Å²) in [6.07, 6.45) is 6.34. The van der Waals surface area contributed by atoms with Crippen molar-refractivity contribution in [1.29, 1.82) is 0 Å². The summed E-state index contributed by atoms with van der Waals surface area (Å²) >= 11 is 0. The molecule has 0 aliphatic carbocycles. The van der Waals surface area contributed by atoms with Crippen LogP contribution >= 0.6 is 0 Å². The molecule has 45 heavy (non-hydrogen) atoms. The second-order valence-corrected chi connectivity index (χ2v) is 14.2. The van der Waals surface area contributed by atoms with Crippen LogP contribution in [-0.4, -0.2) is 95.2 Å². The van der Waals surface area contributed by atoms with Gasteiger partial charge in [-0.25, -0.2) is 17.9 Å². The summed E-state index contributed by atoms with van der Waals surface area (Å²) in [5.41, 5.74) is 0.573. The maximum Gasteiger partial charge on any atom is 0.421 e. The summed E-state index contributed by atoms with van der Waals surface area (Å²) in [6, 6.07) is 5.61. The number of unbranched alkanes of at least 4 members (excludes halogenated alkanes) is 4. The van der Waals surface area contributed by atoms with Crippen molar-refractivity contribution in [2.45, 2.75) is 120 Å². The van der Waals surface area contributed by atoms with Crippen molar-refractivity contribution in [3.8, 4) is 0 Å². The van der Waals surface area contributed by atoms with Crippen molar-refractivity contribution in [1.82, 2.24) is 9.62 Å². The predicted octanol–water partition coefficient (Wildman–Crippen LogP) is 4.30. The Labute approximate surface area is 267 Å². The first-order chi connectivity index (χ1) is 21.5. The zero-order chi connectivity index (χ0) is 32.5. The monoisotopic (exact) mass is 654 g/mol. The molecule has 3 fully saturated rings. The minimum absolute atomic E-state index is 0.00346. The molecule has 3 aliphatic rings. The van der Waals surface area contributed by atoms with Gasteiger partial charge in [-0.2, -0.15) is 0 Å². The quantitative estimate of drug-likeness (QED) is 0.214. The molecule has 3 heterocycles. The number of esters is 1. The van der Waals surface area contributed by atoms with Crippen molar-refractivity contribution in [2.24, 2.45) is 0 Å². The molecule has 0 radical (unpaired) electrons. The molecule has 3 aliphatic heterocycles. The second-order valence-electron chi connectivity index (χ2n) is 12.6. The van der Waals surface area contributed by atoms with Gasteiger partial charge in [0.15, 0.2) is 18.0 Å². The molecule has 1 N–H and O–H groups in total. The second kappa shape index (κ2) is 16.0. The number of nitrogens with one attached hydrogen (secondary N) is 1. The Balaban J connectivity index is 1.47. The first-order valence-electron chi connectivity index (χ1n) is 16.2. The number of fused-ring (bicyclic) bond motifs is 1. The molecule has 0 bridgehead atoms. The molecule has 4 rings (SSSR count). The van der Waals surface area contributed by atoms with E-state index < -0.39 is 52.0 Å². The van der Waals surface area contributed by atoms with Crippen LogP contribution in [0.15, 0.2) is 29.2 Å². The fourth-order valence-corrected chi connectivity index (χ4v) is 7.06. The average Bonchev–Trinajstić information content (AvgIpc) is 3.23. The van der Waals surface area contributed by atoms with E-state index in [1.807, 2.05) is 4.72 Å². The maximum absolute atomic E-state index is 13.2. The van der Waals surface area contributed by atoms with Crippen molar-refractivity contribution in [3.05, 3.63) is 29.8 Å². The van der Waals surface area contributed by atoms with Gasteiger partial charge in [0.05, 0.1) is 18.4 Å². The van der Waals surface area contributed by atoms with E-state index in [9.17, 15) is 18.0 Å². The minimum atomic E-state index is -4.28. The number of carbonyl (C=O) groups is 2. The molecule has 1 aromatic rings. The van der Waals surface area contributed by atoms with Crippen LogP contribution in [0.3, 0.4) is 0 Å². The Bertz CT molecular complexity index is 1220. The molecule has 4 atom stereocenters. The van der Waals surface area contributed by atoms with Crippen LogP contribution in [0.4, 0.5) is 4.79 Å². The van der Waals surface area contributed by atoms with Crippen molar-refractivity contribution in [3.63, 3.8) is 0 Å². The summed E-state index contributed by atoms with van der Waals surface area (Å²) in [5.74, 6) is -2.81. The summed E-state index contributed by atoms with van der Waals surface area (Å²) < 4.78 is 63.9. The molecule has 1 amide bonds. The summed E-state index contributed by atoms with van der Waals surface area (Å²) in [5, 5.41) is 0. The van der Waals surface area contributed by atoms with Crippen LogP contribution in [0, 0.1) is 0 Å². The summed E-state index contributed by atoms with van der Waals surface area (Å²) in [4.78, 5) is 26.9. The van der Waals surface area contributed by atoms with Crippen LogP contribution in [0.1, 0.15) is 84.1 Å². The summed E-state index contributed by atoms with van der Waals surface area (Å²) in [7, 11) is -3.00. The minimum Gasteiger partial charge on any atom is -0.469 e. The first kappa shape index (κ1) is 35.6. The molecule has 254 valence electrons. The van der Waals surface area contributed by atoms with E-state index in [0.717, 1.165) is 64.5 Å². The lowest BCUT2D eigenvalue weighted by molar-refractivity contribution is -0.279. The molecular formula is C32H50N2O10S. The van der Waals surface area contributed by atoms with Crippen LogP contribution < -0.4 is 4.72 Å². The Morgan fingerprint density at radius 2 is 1.69 bits per heavy atom. The lowest BCUT2D eigenvalue weighted by atomic mass is 10.0. The van der Waals surface area contributed by atoms with E-state index in [0.29, 0.717) is 18.7 Å². The number of nitrogens with zero attached hydrogens (tertiary/aromatic N) is 1. The fraction of sp³-hybridized carbons (Fsp3) is 0.750. The number of amides is 1. The molecule has 12 nitrogen and oxygen atoms in total. The van der Waals surface area contributed by atoms with Gasteiger partial charge in [0.1, 0.15) is 12.7 Å². The molecule has 0 aromatic heterocycles. The Morgan fingerprint density at radius 3 is 2.36 bits per heavy atom. The van der Waals surface area contributed by atoms with Crippen LogP contribution in [0.25, 0.3) is 0 Å². The van der Waals surface area contributed by atoms with Gasteiger partial charge in [0.2, 0.25) is 5.79 Å². The Kier molecular flexibility index (Phi) is 12.7. The maximum atomic E-state index is 13.2. The highest BCUT2D eigenvalue weighted by atomic mass is 32.2. The Morgan fingerprint density at radius 1 is 1.00 bits per heavy atom. The first-order valence-corrected chi connectivity index (χ1v) is 17.7. The molecular weight excluding hydrogens is 604 g/mol. The van der Waals surface area contributed by atoms with Gasteiger partial charge in [0, 0.05) is 13.2 Å². The van der Waals surface area contributed by atoms with Gasteiger partial charge in [-0.3, -0.25) is 4.79 Å². The van der Waals surface area contributed by atoms with Crippen LogP contribution in [-0.2, 0) is 49.7 Å². The van der Waals surface area contributed by atoms with Crippen LogP contribution in [0.5, 0.6) is 0 Å². The smallest absolute Gasteiger partial charge is 0.421 e. The van der Waals surface area contributed by atoms with Gasteiger partial charge in [-0.05, 0) is 63.9 Å². The van der Waals surface area contributed by atoms with Gasteiger partial charge >= 0.3 is 12.1 Å². The molecule has 13 heteroatoms. The average molecular weight is 655 g/mol. The largest absolute Gasteiger partial charge is 0.469 e. The third-order valence-electron chi connectivity index (χ3n) is 8.38. The van der Waals surface area contributed by atoms with E-state index in [1.54, 1.807) is 13.8 Å². The molecule has 1 aromatic carbocycles. The van der Waals surface area contributed by atoms with Crippen molar-refractivity contribution in [2.75, 3.05) is 40.0 Å². The molecule has 3 saturated heterocycles. The third kappa shape index (κ3) is 9.85. The zero-order valence-corrected chi connectivity index (χ0v) is 27.9. The highest BCUT2D eigenvalue weighted by molar-refractivity contribution is 7.90. The lowest BCUT2D eigenvalue weighted by Gasteiger charge is -2.31. The predicted molar refractivity (Wildman–Crippen MR) is 165 cm³/mol. The van der Waals surface area contributed by atoms with E-state index in [4.69, 9.17) is 23.7 Å². The molecule has 0 unspecified atom stereocenters. The number of sulfonamides is 1. The van der Waals surface area contributed by atoms with Crippen molar-refractivity contribution < 1.29 is 46.4 Å². The van der Waals surface area contributed by atoms with Crippen LogP contribution in [0.2, 0.25) is 0 Å². The lowest BCUT2D eigenvalue weighted by Crippen LogP contribution is -2.47. The highest BCUT2D eigenvalue weighted by Gasteiger charge is 2.66. The third-order valence-corrected chi connectivity index (χ3v) is 9.71. The number of carbonyl (C=O) groups excluding carboxylic acids is 2. The number of hydrogen-bond donors (Lipinski definition) is 1. The van der Waals surface area contributed by atoms with Gasteiger partial charge < -0.3 is 33.3 Å². The van der Waals surface area contributed by atoms with Gasteiger partial charge in [0.25, 0.3) is 10.0 Å². The van der Waals surface area contributed by atoms with E-state index in [2.05, 4.69) is 16.6 Å². The number of benzene rings is 1. The standard InChI is InChI=1S/C32H50N2O10S/c1-5-6-7-10-13-20-40-23-32-29(43-31(2,3)44-32)28(26(42-32)22-34-18-11-8-9-12-19-34)41-30(36)33-45(37,38)25-16-14-24(15-17-25)21-27(35)39-4/h14-17,26,28-29H,5-13,18-23H2,1-4H3,(H,33,36)/t26-,28+,29-,32-/m0/s1. The normalized spacial score (nSPS) is 26.6.